The number of allylic oxidation sites excluding steroid dienone is 1. The third-order valence-electron chi connectivity index (χ3n) is 17.9. The molecule has 0 radical (unpaired) electrons. The molecule has 0 spiro atoms. The summed E-state index contributed by atoms with van der Waals surface area (Å²) in [6.07, 6.45) is 10.4. The molecule has 0 amide bonds. The van der Waals surface area contributed by atoms with E-state index in [1.807, 2.05) is 27.7 Å². The number of sulfone groups is 1. The summed E-state index contributed by atoms with van der Waals surface area (Å²) in [4.78, 5) is 28.7. The molecule has 10 heteroatoms. The fourth-order valence-electron chi connectivity index (χ4n) is 14.7. The molecule has 0 aromatic rings. The van der Waals surface area contributed by atoms with Crippen LogP contribution >= 0.6 is 0 Å². The van der Waals surface area contributed by atoms with E-state index in [2.05, 4.69) is 58.3 Å². The molecule has 5 saturated carbocycles. The van der Waals surface area contributed by atoms with E-state index < -0.39 is 27.0 Å². The standard InChI is InChI=1S/C47H80N2O7S/c1-30(2)32-16-21-47(48-29-34(31(3)50)49-24-26-57(53,54)27-25-49)23-22-45(12)33(39(32)47)14-15-36-44(11)19-18-37(43(9,10)35(44)17-20-46(36,45)13)55-38(51)28-42(7,8)40(52)56-41(4,5)6/h31-37,39,48,50H,1,14-29H2,2-13H3/t31-,32+,33-,34?,35+,36-,37+,39-,44+,45-,46-,47+/m1/s1. The Morgan fingerprint density at radius 2 is 1.53 bits per heavy atom. The topological polar surface area (TPSA) is 122 Å². The SMILES string of the molecule is C=C(C)[C@@H]1CC[C@]2(NCC([C@@H](C)O)N3CCS(=O)(=O)CC3)CC[C@]3(C)[C@H](CC[C@@H]4[C@@]5(C)CC[C@H](OC(=O)CC(C)(C)C(=O)OC(C)(C)C)C(C)(C)[C@@H]5CC[C@]43C)[C@@H]12. The molecule has 6 fully saturated rings. The highest BCUT2D eigenvalue weighted by atomic mass is 32.2. The van der Waals surface area contributed by atoms with Crippen molar-refractivity contribution in [2.75, 3.05) is 31.1 Å². The van der Waals surface area contributed by atoms with E-state index in [1.54, 1.807) is 13.8 Å². The van der Waals surface area contributed by atoms with E-state index in [9.17, 15) is 23.1 Å². The van der Waals surface area contributed by atoms with Crippen LogP contribution in [0, 0.1) is 56.7 Å². The summed E-state index contributed by atoms with van der Waals surface area (Å²) in [5.74, 6) is 2.15. The van der Waals surface area contributed by atoms with E-state index in [0.29, 0.717) is 49.2 Å². The molecule has 12 atom stereocenters. The first-order chi connectivity index (χ1) is 26.1. The summed E-state index contributed by atoms with van der Waals surface area (Å²) in [6, 6.07) is -0.120. The lowest BCUT2D eigenvalue weighted by Crippen LogP contribution is -2.69. The Hall–Kier alpha value is -1.49. The van der Waals surface area contributed by atoms with Gasteiger partial charge in [-0.1, -0.05) is 46.8 Å². The molecule has 1 heterocycles. The van der Waals surface area contributed by atoms with Gasteiger partial charge in [0.05, 0.1) is 29.4 Å². The Labute approximate surface area is 346 Å². The number of fused-ring (bicyclic) bond motifs is 7. The van der Waals surface area contributed by atoms with Crippen molar-refractivity contribution in [2.24, 2.45) is 56.7 Å². The summed E-state index contributed by atoms with van der Waals surface area (Å²) in [5.41, 5.74) is -0.0246. The molecule has 2 N–H and O–H groups in total. The molecule has 326 valence electrons. The Kier molecular flexibility index (Phi) is 12.0. The van der Waals surface area contributed by atoms with Crippen molar-refractivity contribution in [3.05, 3.63) is 12.2 Å². The first kappa shape index (κ1) is 45.0. The summed E-state index contributed by atoms with van der Waals surface area (Å²) in [5, 5.41) is 15.2. The van der Waals surface area contributed by atoms with Gasteiger partial charge >= 0.3 is 11.9 Å². The zero-order valence-electron chi connectivity index (χ0n) is 37.9. The molecule has 0 aromatic heterocycles. The zero-order chi connectivity index (χ0) is 42.4. The van der Waals surface area contributed by atoms with Gasteiger partial charge in [-0.3, -0.25) is 14.5 Å². The zero-order valence-corrected chi connectivity index (χ0v) is 38.7. The molecule has 6 rings (SSSR count). The van der Waals surface area contributed by atoms with Crippen molar-refractivity contribution < 1.29 is 32.6 Å². The van der Waals surface area contributed by atoms with Crippen LogP contribution in [0.4, 0.5) is 0 Å². The van der Waals surface area contributed by atoms with Crippen LogP contribution in [-0.2, 0) is 28.9 Å². The van der Waals surface area contributed by atoms with Crippen LogP contribution in [0.3, 0.4) is 0 Å². The van der Waals surface area contributed by atoms with Crippen molar-refractivity contribution in [2.45, 2.75) is 183 Å². The second kappa shape index (κ2) is 15.1. The van der Waals surface area contributed by atoms with E-state index in [-0.39, 0.29) is 69.2 Å². The highest BCUT2D eigenvalue weighted by molar-refractivity contribution is 7.91. The smallest absolute Gasteiger partial charge is 0.312 e. The Morgan fingerprint density at radius 3 is 2.12 bits per heavy atom. The minimum Gasteiger partial charge on any atom is -0.462 e. The van der Waals surface area contributed by atoms with Gasteiger partial charge in [0.2, 0.25) is 0 Å². The van der Waals surface area contributed by atoms with Gasteiger partial charge in [0.25, 0.3) is 0 Å². The Balaban J connectivity index is 1.20. The maximum atomic E-state index is 13.5. The van der Waals surface area contributed by atoms with E-state index in [4.69, 9.17) is 9.47 Å². The average molecular weight is 817 g/mol. The molecule has 5 aliphatic carbocycles. The molecule has 0 aromatic carbocycles. The van der Waals surface area contributed by atoms with Crippen LogP contribution in [-0.4, -0.2) is 90.9 Å². The lowest BCUT2D eigenvalue weighted by atomic mass is 9.32. The highest BCUT2D eigenvalue weighted by Crippen LogP contribution is 2.76. The number of nitrogens with zero attached hydrogens (tertiary/aromatic N) is 1. The number of rotatable bonds is 10. The summed E-state index contributed by atoms with van der Waals surface area (Å²) >= 11 is 0. The molecular weight excluding hydrogens is 737 g/mol. The highest BCUT2D eigenvalue weighted by Gasteiger charge is 2.71. The lowest BCUT2D eigenvalue weighted by Gasteiger charge is -2.73. The van der Waals surface area contributed by atoms with Gasteiger partial charge in [0.15, 0.2) is 9.84 Å². The summed E-state index contributed by atoms with van der Waals surface area (Å²) in [6.45, 7) is 32.0. The molecule has 6 aliphatic rings. The van der Waals surface area contributed by atoms with E-state index >= 15 is 0 Å². The van der Waals surface area contributed by atoms with Crippen LogP contribution in [0.1, 0.15) is 154 Å². The van der Waals surface area contributed by atoms with Crippen molar-refractivity contribution in [3.8, 4) is 0 Å². The number of carbonyl (C=O) groups excluding carboxylic acids is 2. The van der Waals surface area contributed by atoms with Gasteiger partial charge in [0.1, 0.15) is 11.7 Å². The molecule has 0 bridgehead atoms. The maximum Gasteiger partial charge on any atom is 0.312 e. The number of nitrogens with one attached hydrogen (secondary N) is 1. The minimum atomic E-state index is -3.01. The van der Waals surface area contributed by atoms with Crippen molar-refractivity contribution in [3.63, 3.8) is 0 Å². The normalized spacial score (nSPS) is 41.4. The fraction of sp³-hybridized carbons (Fsp3) is 0.915. The number of hydrogen-bond donors (Lipinski definition) is 2. The molecule has 1 aliphatic heterocycles. The Morgan fingerprint density at radius 1 is 0.877 bits per heavy atom. The molecule has 1 unspecified atom stereocenters. The predicted octanol–water partition coefficient (Wildman–Crippen LogP) is 8.14. The van der Waals surface area contributed by atoms with Gasteiger partial charge in [0, 0.05) is 36.6 Å². The fourth-order valence-corrected chi connectivity index (χ4v) is 15.9. The van der Waals surface area contributed by atoms with Crippen LogP contribution in [0.15, 0.2) is 12.2 Å². The second-order valence-electron chi connectivity index (χ2n) is 23.1. The van der Waals surface area contributed by atoms with Crippen LogP contribution in [0.2, 0.25) is 0 Å². The second-order valence-corrected chi connectivity index (χ2v) is 25.4. The van der Waals surface area contributed by atoms with Gasteiger partial charge < -0.3 is 19.9 Å². The number of aliphatic hydroxyl groups is 1. The first-order valence-corrected chi connectivity index (χ1v) is 24.4. The number of hydrogen-bond acceptors (Lipinski definition) is 9. The Bertz CT molecular complexity index is 1650. The number of aliphatic hydroxyl groups excluding tert-OH is 1. The molecule has 9 nitrogen and oxygen atoms in total. The first-order valence-electron chi connectivity index (χ1n) is 22.6. The largest absolute Gasteiger partial charge is 0.462 e. The monoisotopic (exact) mass is 817 g/mol. The average Bonchev–Trinajstić information content (AvgIpc) is 3.46. The minimum absolute atomic E-state index is 0.00181. The van der Waals surface area contributed by atoms with Crippen LogP contribution < -0.4 is 5.32 Å². The van der Waals surface area contributed by atoms with Gasteiger partial charge in [-0.15, -0.1) is 0 Å². The quantitative estimate of drug-likeness (QED) is 0.166. The predicted molar refractivity (Wildman–Crippen MR) is 227 cm³/mol. The van der Waals surface area contributed by atoms with Gasteiger partial charge in [-0.25, -0.2) is 8.42 Å². The van der Waals surface area contributed by atoms with Gasteiger partial charge in [-0.05, 0) is 159 Å². The third kappa shape index (κ3) is 7.95. The van der Waals surface area contributed by atoms with Gasteiger partial charge in [-0.2, -0.15) is 0 Å². The molecule has 1 saturated heterocycles. The van der Waals surface area contributed by atoms with Crippen LogP contribution in [0.5, 0.6) is 0 Å². The molecule has 57 heavy (non-hydrogen) atoms. The van der Waals surface area contributed by atoms with Crippen molar-refractivity contribution in [1.29, 1.82) is 0 Å². The summed E-state index contributed by atoms with van der Waals surface area (Å²) < 4.78 is 36.5. The van der Waals surface area contributed by atoms with E-state index in [1.165, 1.54) is 31.3 Å². The maximum absolute atomic E-state index is 13.5. The van der Waals surface area contributed by atoms with Crippen molar-refractivity contribution >= 4 is 21.8 Å². The number of carbonyl (C=O) groups is 2. The third-order valence-corrected chi connectivity index (χ3v) is 19.5. The van der Waals surface area contributed by atoms with E-state index in [0.717, 1.165) is 38.5 Å². The summed E-state index contributed by atoms with van der Waals surface area (Å²) in [7, 11) is -3.01. The number of ether oxygens (including phenoxy) is 2. The lowest BCUT2D eigenvalue weighted by molar-refractivity contribution is -0.246. The molecular formula is C47H80N2O7S. The number of esters is 2. The van der Waals surface area contributed by atoms with Crippen LogP contribution in [0.25, 0.3) is 0 Å². The van der Waals surface area contributed by atoms with Crippen molar-refractivity contribution in [1.82, 2.24) is 10.2 Å².